The van der Waals surface area contributed by atoms with Gasteiger partial charge in [-0.15, -0.1) is 0 Å². The second-order valence-corrected chi connectivity index (χ2v) is 8.11. The molecule has 1 aromatic carbocycles. The third kappa shape index (κ3) is 3.49. The molecule has 2 heterocycles. The zero-order valence-electron chi connectivity index (χ0n) is 15.9. The third-order valence-electron chi connectivity index (χ3n) is 6.47. The Labute approximate surface area is 157 Å². The highest BCUT2D eigenvalue weighted by Gasteiger charge is 2.41. The maximum absolute atomic E-state index is 13.2. The molecule has 1 aliphatic heterocycles. The number of hydrogen-bond acceptors (Lipinski definition) is 3. The van der Waals surface area contributed by atoms with E-state index in [1.807, 2.05) is 7.05 Å². The van der Waals surface area contributed by atoms with E-state index in [9.17, 15) is 13.2 Å². The van der Waals surface area contributed by atoms with Crippen LogP contribution in [0.5, 0.6) is 0 Å². The number of alkyl halides is 3. The molecule has 1 N–H and O–H groups in total. The second kappa shape index (κ2) is 7.13. The average molecular weight is 380 g/mol. The van der Waals surface area contributed by atoms with Gasteiger partial charge in [0.2, 0.25) is 0 Å². The number of fused-ring (bicyclic) bond motifs is 4. The minimum absolute atomic E-state index is 0.218. The van der Waals surface area contributed by atoms with Crippen LogP contribution in [0.15, 0.2) is 22.6 Å². The molecule has 6 heteroatoms. The Hall–Kier alpha value is -1.53. The quantitative estimate of drug-likeness (QED) is 0.782. The molecule has 0 amide bonds. The van der Waals surface area contributed by atoms with Crippen molar-refractivity contribution in [3.8, 4) is 0 Å². The lowest BCUT2D eigenvalue weighted by atomic mass is 9.68. The number of likely N-dealkylation sites (tertiary alicyclic amines) is 1. The lowest BCUT2D eigenvalue weighted by molar-refractivity contribution is -0.137. The standard InChI is InChI=1S/C21H27F3N2O/c1-13-17-12-26(8-3-7-25-2)9-6-14(17)10-19-20(13)16-11-15(21(22,23)24)4-5-18(16)27-19/h4-5,11,13-14,17,25H,3,6-10,12H2,1-2H3. The summed E-state index contributed by atoms with van der Waals surface area (Å²) in [5.41, 5.74) is 1.00. The van der Waals surface area contributed by atoms with Gasteiger partial charge < -0.3 is 14.6 Å². The summed E-state index contributed by atoms with van der Waals surface area (Å²) in [6.45, 7) is 6.39. The van der Waals surface area contributed by atoms with E-state index >= 15 is 0 Å². The average Bonchev–Trinajstić information content (AvgIpc) is 2.99. The number of benzene rings is 1. The Kier molecular flexibility index (Phi) is 4.97. The molecule has 1 saturated heterocycles. The van der Waals surface area contributed by atoms with E-state index in [-0.39, 0.29) is 5.92 Å². The van der Waals surface area contributed by atoms with Gasteiger partial charge in [0.25, 0.3) is 0 Å². The van der Waals surface area contributed by atoms with Crippen LogP contribution in [-0.2, 0) is 12.6 Å². The SMILES string of the molecule is CNCCCN1CCC2Cc3oc4ccc(C(F)(F)F)cc4c3C(C)C2C1. The number of rotatable bonds is 4. The van der Waals surface area contributed by atoms with Gasteiger partial charge in [-0.2, -0.15) is 13.2 Å². The second-order valence-electron chi connectivity index (χ2n) is 8.11. The number of piperidine rings is 1. The summed E-state index contributed by atoms with van der Waals surface area (Å²) in [6.07, 6.45) is -1.21. The molecule has 3 atom stereocenters. The molecule has 2 aromatic rings. The van der Waals surface area contributed by atoms with Crippen molar-refractivity contribution in [2.45, 2.75) is 38.3 Å². The minimum atomic E-state index is -4.33. The molecule has 3 nitrogen and oxygen atoms in total. The monoisotopic (exact) mass is 380 g/mol. The Morgan fingerprint density at radius 2 is 2.11 bits per heavy atom. The van der Waals surface area contributed by atoms with Gasteiger partial charge in [0.05, 0.1) is 5.56 Å². The van der Waals surface area contributed by atoms with Crippen LogP contribution >= 0.6 is 0 Å². The van der Waals surface area contributed by atoms with E-state index in [0.717, 1.165) is 62.8 Å². The Morgan fingerprint density at radius 1 is 1.30 bits per heavy atom. The van der Waals surface area contributed by atoms with Gasteiger partial charge >= 0.3 is 6.18 Å². The lowest BCUT2D eigenvalue weighted by Crippen LogP contribution is -2.45. The molecular weight excluding hydrogens is 353 g/mol. The first-order chi connectivity index (χ1) is 12.9. The Bertz CT molecular complexity index is 814. The van der Waals surface area contributed by atoms with Crippen LogP contribution in [0.3, 0.4) is 0 Å². The summed E-state index contributed by atoms with van der Waals surface area (Å²) in [5, 5.41) is 3.84. The van der Waals surface area contributed by atoms with Crippen molar-refractivity contribution in [3.63, 3.8) is 0 Å². The van der Waals surface area contributed by atoms with Crippen molar-refractivity contribution >= 4 is 11.0 Å². The Morgan fingerprint density at radius 3 is 2.85 bits per heavy atom. The van der Waals surface area contributed by atoms with Crippen molar-refractivity contribution in [1.29, 1.82) is 0 Å². The van der Waals surface area contributed by atoms with Crippen molar-refractivity contribution < 1.29 is 17.6 Å². The van der Waals surface area contributed by atoms with Crippen LogP contribution in [0, 0.1) is 11.8 Å². The van der Waals surface area contributed by atoms with Crippen LogP contribution in [0.2, 0.25) is 0 Å². The summed E-state index contributed by atoms with van der Waals surface area (Å²) in [5.74, 6) is 2.17. The molecule has 1 fully saturated rings. The van der Waals surface area contributed by atoms with Crippen molar-refractivity contribution in [2.75, 3.05) is 33.2 Å². The van der Waals surface area contributed by atoms with Gasteiger partial charge in [0.1, 0.15) is 11.3 Å². The summed E-state index contributed by atoms with van der Waals surface area (Å²) in [7, 11) is 1.97. The van der Waals surface area contributed by atoms with Crippen LogP contribution in [0.1, 0.15) is 42.6 Å². The topological polar surface area (TPSA) is 28.4 Å². The summed E-state index contributed by atoms with van der Waals surface area (Å²) in [6, 6.07) is 3.89. The predicted molar refractivity (Wildman–Crippen MR) is 99.9 cm³/mol. The van der Waals surface area contributed by atoms with Crippen molar-refractivity contribution in [2.24, 2.45) is 11.8 Å². The molecule has 2 aliphatic rings. The summed E-state index contributed by atoms with van der Waals surface area (Å²) in [4.78, 5) is 2.52. The predicted octanol–water partition coefficient (Wildman–Crippen LogP) is 4.66. The normalized spacial score (nSPS) is 26.2. The first-order valence-electron chi connectivity index (χ1n) is 9.88. The fourth-order valence-electron chi connectivity index (χ4n) is 5.05. The maximum atomic E-state index is 13.2. The number of hydrogen-bond donors (Lipinski definition) is 1. The molecule has 1 aliphatic carbocycles. The van der Waals surface area contributed by atoms with Gasteiger partial charge in [-0.05, 0) is 75.5 Å². The van der Waals surface area contributed by atoms with Gasteiger partial charge in [-0.3, -0.25) is 0 Å². The molecule has 0 spiro atoms. The van der Waals surface area contributed by atoms with E-state index < -0.39 is 11.7 Å². The molecule has 1 aromatic heterocycles. The van der Waals surface area contributed by atoms with E-state index in [0.29, 0.717) is 22.8 Å². The lowest BCUT2D eigenvalue weighted by Gasteiger charge is -2.44. The molecule has 27 heavy (non-hydrogen) atoms. The number of nitrogens with one attached hydrogen (secondary N) is 1. The van der Waals surface area contributed by atoms with E-state index in [1.165, 1.54) is 12.1 Å². The van der Waals surface area contributed by atoms with Crippen LogP contribution < -0.4 is 5.32 Å². The molecule has 3 unspecified atom stereocenters. The zero-order valence-corrected chi connectivity index (χ0v) is 15.9. The van der Waals surface area contributed by atoms with Crippen LogP contribution in [-0.4, -0.2) is 38.1 Å². The van der Waals surface area contributed by atoms with Gasteiger partial charge in [0, 0.05) is 23.9 Å². The fraction of sp³-hybridized carbons (Fsp3) is 0.619. The third-order valence-corrected chi connectivity index (χ3v) is 6.47. The summed E-state index contributed by atoms with van der Waals surface area (Å²) < 4.78 is 45.5. The zero-order chi connectivity index (χ0) is 19.2. The number of furan rings is 1. The highest BCUT2D eigenvalue weighted by molar-refractivity contribution is 5.84. The van der Waals surface area contributed by atoms with E-state index in [2.05, 4.69) is 17.1 Å². The smallest absolute Gasteiger partial charge is 0.416 e. The highest BCUT2D eigenvalue weighted by atomic mass is 19.4. The number of halogens is 3. The van der Waals surface area contributed by atoms with Gasteiger partial charge in [0.15, 0.2) is 0 Å². The largest absolute Gasteiger partial charge is 0.461 e. The summed E-state index contributed by atoms with van der Waals surface area (Å²) >= 11 is 0. The van der Waals surface area contributed by atoms with E-state index in [1.54, 1.807) is 0 Å². The minimum Gasteiger partial charge on any atom is -0.461 e. The number of nitrogens with zero attached hydrogens (tertiary/aromatic N) is 1. The molecule has 4 rings (SSSR count). The first-order valence-corrected chi connectivity index (χ1v) is 9.88. The van der Waals surface area contributed by atoms with Gasteiger partial charge in [-0.25, -0.2) is 0 Å². The van der Waals surface area contributed by atoms with Crippen molar-refractivity contribution in [3.05, 3.63) is 35.1 Å². The molecule has 0 radical (unpaired) electrons. The van der Waals surface area contributed by atoms with Crippen molar-refractivity contribution in [1.82, 2.24) is 10.2 Å². The van der Waals surface area contributed by atoms with E-state index in [4.69, 9.17) is 4.42 Å². The molecule has 0 bridgehead atoms. The molecular formula is C21H27F3N2O. The van der Waals surface area contributed by atoms with Crippen LogP contribution in [0.25, 0.3) is 11.0 Å². The first kappa shape index (κ1) is 18.8. The highest BCUT2D eigenvalue weighted by Crippen LogP contribution is 2.48. The van der Waals surface area contributed by atoms with Gasteiger partial charge in [-0.1, -0.05) is 6.92 Å². The molecule has 0 saturated carbocycles. The Balaban J connectivity index is 1.63. The fourth-order valence-corrected chi connectivity index (χ4v) is 5.05. The molecule has 148 valence electrons. The maximum Gasteiger partial charge on any atom is 0.416 e. The van der Waals surface area contributed by atoms with Crippen LogP contribution in [0.4, 0.5) is 13.2 Å².